The van der Waals surface area contributed by atoms with Gasteiger partial charge >= 0.3 is 6.09 Å². The zero-order valence-electron chi connectivity index (χ0n) is 12.7. The van der Waals surface area contributed by atoms with E-state index in [0.717, 1.165) is 12.8 Å². The fraction of sp³-hybridized carbons (Fsp3) is 0.562. The highest BCUT2D eigenvalue weighted by molar-refractivity contribution is 5.86. The molecular formula is C16H22FNO3. The molecule has 21 heavy (non-hydrogen) atoms. The minimum absolute atomic E-state index is 0.0788. The number of carbonyl (C=O) groups is 1. The van der Waals surface area contributed by atoms with Crippen LogP contribution in [0.5, 0.6) is 0 Å². The Morgan fingerprint density at radius 3 is 2.62 bits per heavy atom. The van der Waals surface area contributed by atoms with E-state index in [9.17, 15) is 14.3 Å². The summed E-state index contributed by atoms with van der Waals surface area (Å²) in [5.74, 6) is -0.353. The van der Waals surface area contributed by atoms with E-state index < -0.39 is 11.7 Å². The number of benzene rings is 1. The van der Waals surface area contributed by atoms with Gasteiger partial charge in [0.1, 0.15) is 11.4 Å². The van der Waals surface area contributed by atoms with E-state index in [-0.39, 0.29) is 17.8 Å². The van der Waals surface area contributed by atoms with Crippen molar-refractivity contribution in [2.24, 2.45) is 5.41 Å². The van der Waals surface area contributed by atoms with E-state index in [1.54, 1.807) is 20.8 Å². The van der Waals surface area contributed by atoms with Crippen LogP contribution < -0.4 is 5.32 Å². The molecule has 0 spiro atoms. The van der Waals surface area contributed by atoms with Gasteiger partial charge in [0.05, 0.1) is 0 Å². The van der Waals surface area contributed by atoms with E-state index in [1.165, 1.54) is 18.2 Å². The van der Waals surface area contributed by atoms with Crippen molar-refractivity contribution in [3.05, 3.63) is 29.6 Å². The zero-order chi connectivity index (χ0) is 15.7. The summed E-state index contributed by atoms with van der Waals surface area (Å²) in [4.78, 5) is 11.8. The van der Waals surface area contributed by atoms with Gasteiger partial charge < -0.3 is 9.84 Å². The molecule has 1 amide bonds. The van der Waals surface area contributed by atoms with Gasteiger partial charge in [0.2, 0.25) is 0 Å². The van der Waals surface area contributed by atoms with Crippen molar-refractivity contribution < 1.29 is 19.0 Å². The number of hydrogen-bond acceptors (Lipinski definition) is 3. The number of ether oxygens (including phenoxy) is 1. The average molecular weight is 295 g/mol. The van der Waals surface area contributed by atoms with Crippen LogP contribution in [0.1, 0.15) is 39.2 Å². The maximum Gasteiger partial charge on any atom is 0.412 e. The summed E-state index contributed by atoms with van der Waals surface area (Å²) in [6.07, 6.45) is 1.83. The first-order valence-corrected chi connectivity index (χ1v) is 7.12. The number of aliphatic hydroxyl groups excluding tert-OH is 1. The average Bonchev–Trinajstić information content (AvgIpc) is 3.11. The number of amides is 1. The monoisotopic (exact) mass is 295 g/mol. The van der Waals surface area contributed by atoms with Crippen LogP contribution in [-0.4, -0.2) is 23.4 Å². The first kappa shape index (κ1) is 15.8. The van der Waals surface area contributed by atoms with Gasteiger partial charge in [-0.3, -0.25) is 5.32 Å². The SMILES string of the molecule is CC(C)(C)OC(=O)Nc1ccc(F)cc1CC1(CO)CC1. The highest BCUT2D eigenvalue weighted by Crippen LogP contribution is 2.48. The molecule has 5 heteroatoms. The Balaban J connectivity index is 2.13. The Hall–Kier alpha value is -1.62. The molecule has 1 aromatic carbocycles. The number of carbonyl (C=O) groups excluding carboxylic acids is 1. The maximum absolute atomic E-state index is 13.4. The third kappa shape index (κ3) is 4.43. The number of nitrogens with one attached hydrogen (secondary N) is 1. The lowest BCUT2D eigenvalue weighted by atomic mass is 9.96. The summed E-state index contributed by atoms with van der Waals surface area (Å²) in [5, 5.41) is 12.1. The predicted molar refractivity (Wildman–Crippen MR) is 78.7 cm³/mol. The molecule has 0 saturated heterocycles. The predicted octanol–water partition coefficient (Wildman–Crippen LogP) is 3.49. The number of rotatable bonds is 4. The van der Waals surface area contributed by atoms with Crippen molar-refractivity contribution in [2.75, 3.05) is 11.9 Å². The van der Waals surface area contributed by atoms with Gasteiger partial charge in [-0.2, -0.15) is 0 Å². The van der Waals surface area contributed by atoms with Gasteiger partial charge in [-0.1, -0.05) is 0 Å². The summed E-state index contributed by atoms with van der Waals surface area (Å²) >= 11 is 0. The fourth-order valence-electron chi connectivity index (χ4n) is 2.22. The molecule has 4 nitrogen and oxygen atoms in total. The Morgan fingerprint density at radius 2 is 2.10 bits per heavy atom. The summed E-state index contributed by atoms with van der Waals surface area (Å²) in [6.45, 7) is 5.42. The second-order valence-corrected chi connectivity index (χ2v) is 6.76. The summed E-state index contributed by atoms with van der Waals surface area (Å²) in [7, 11) is 0. The lowest BCUT2D eigenvalue weighted by Gasteiger charge is -2.21. The van der Waals surface area contributed by atoms with Crippen molar-refractivity contribution in [3.63, 3.8) is 0 Å². The van der Waals surface area contributed by atoms with Gasteiger partial charge in [0.25, 0.3) is 0 Å². The van der Waals surface area contributed by atoms with Crippen LogP contribution in [0.4, 0.5) is 14.9 Å². The second-order valence-electron chi connectivity index (χ2n) is 6.76. The first-order valence-electron chi connectivity index (χ1n) is 7.12. The molecule has 0 aromatic heterocycles. The molecule has 2 N–H and O–H groups in total. The quantitative estimate of drug-likeness (QED) is 0.894. The topological polar surface area (TPSA) is 58.6 Å². The molecule has 0 aliphatic heterocycles. The van der Waals surface area contributed by atoms with E-state index >= 15 is 0 Å². The van der Waals surface area contributed by atoms with Crippen LogP contribution in [0, 0.1) is 11.2 Å². The molecule has 0 bridgehead atoms. The van der Waals surface area contributed by atoms with Crippen molar-refractivity contribution >= 4 is 11.8 Å². The molecule has 0 unspecified atom stereocenters. The standard InChI is InChI=1S/C16H22FNO3/c1-15(2,3)21-14(20)18-13-5-4-12(17)8-11(13)9-16(10-19)6-7-16/h4-5,8,19H,6-7,9-10H2,1-3H3,(H,18,20). The largest absolute Gasteiger partial charge is 0.444 e. The molecular weight excluding hydrogens is 273 g/mol. The number of halogens is 1. The normalized spacial score (nSPS) is 16.4. The molecule has 1 aromatic rings. The number of aliphatic hydroxyl groups is 1. The zero-order valence-corrected chi connectivity index (χ0v) is 12.7. The minimum Gasteiger partial charge on any atom is -0.444 e. The molecule has 1 saturated carbocycles. The van der Waals surface area contributed by atoms with E-state index in [2.05, 4.69) is 5.32 Å². The van der Waals surface area contributed by atoms with Crippen molar-refractivity contribution in [2.45, 2.75) is 45.6 Å². The summed E-state index contributed by atoms with van der Waals surface area (Å²) < 4.78 is 18.7. The Morgan fingerprint density at radius 1 is 1.43 bits per heavy atom. The molecule has 0 radical (unpaired) electrons. The van der Waals surface area contributed by atoms with Gasteiger partial charge in [-0.25, -0.2) is 9.18 Å². The molecule has 0 atom stereocenters. The van der Waals surface area contributed by atoms with Gasteiger partial charge in [0, 0.05) is 12.3 Å². The number of anilines is 1. The number of hydrogen-bond donors (Lipinski definition) is 2. The van der Waals surface area contributed by atoms with E-state index in [1.807, 2.05) is 0 Å². The Labute approximate surface area is 124 Å². The smallest absolute Gasteiger partial charge is 0.412 e. The lowest BCUT2D eigenvalue weighted by Crippen LogP contribution is -2.27. The molecule has 2 rings (SSSR count). The summed E-state index contributed by atoms with van der Waals surface area (Å²) in [6, 6.07) is 4.24. The van der Waals surface area contributed by atoms with Crippen LogP contribution in [-0.2, 0) is 11.2 Å². The van der Waals surface area contributed by atoms with Crippen LogP contribution in [0.3, 0.4) is 0 Å². The molecule has 1 fully saturated rings. The van der Waals surface area contributed by atoms with Crippen LogP contribution in [0.25, 0.3) is 0 Å². The van der Waals surface area contributed by atoms with Gasteiger partial charge in [-0.15, -0.1) is 0 Å². The summed E-state index contributed by atoms with van der Waals surface area (Å²) in [5.41, 5.74) is 0.475. The lowest BCUT2D eigenvalue weighted by molar-refractivity contribution is 0.0635. The molecule has 116 valence electrons. The van der Waals surface area contributed by atoms with Crippen LogP contribution >= 0.6 is 0 Å². The van der Waals surface area contributed by atoms with Crippen LogP contribution in [0.2, 0.25) is 0 Å². The van der Waals surface area contributed by atoms with E-state index in [0.29, 0.717) is 17.7 Å². The molecule has 1 aliphatic rings. The van der Waals surface area contributed by atoms with Crippen molar-refractivity contribution in [1.29, 1.82) is 0 Å². The minimum atomic E-state index is -0.590. The van der Waals surface area contributed by atoms with Crippen LogP contribution in [0.15, 0.2) is 18.2 Å². The molecule has 1 aliphatic carbocycles. The Bertz CT molecular complexity index is 533. The highest BCUT2D eigenvalue weighted by Gasteiger charge is 2.42. The highest BCUT2D eigenvalue weighted by atomic mass is 19.1. The molecule has 0 heterocycles. The van der Waals surface area contributed by atoms with E-state index in [4.69, 9.17) is 4.74 Å². The Kier molecular flexibility index (Phi) is 4.23. The maximum atomic E-state index is 13.4. The first-order chi connectivity index (χ1) is 9.73. The van der Waals surface area contributed by atoms with Gasteiger partial charge in [-0.05, 0) is 69.2 Å². The third-order valence-corrected chi connectivity index (χ3v) is 3.56. The fourth-order valence-corrected chi connectivity index (χ4v) is 2.22. The third-order valence-electron chi connectivity index (χ3n) is 3.56. The van der Waals surface area contributed by atoms with Crippen molar-refractivity contribution in [3.8, 4) is 0 Å². The van der Waals surface area contributed by atoms with Crippen molar-refractivity contribution in [1.82, 2.24) is 0 Å². The second kappa shape index (κ2) is 5.64. The van der Waals surface area contributed by atoms with Gasteiger partial charge in [0.15, 0.2) is 0 Å².